The Morgan fingerprint density at radius 3 is 2.23 bits per heavy atom. The van der Waals surface area contributed by atoms with Gasteiger partial charge < -0.3 is 4.42 Å². The van der Waals surface area contributed by atoms with Crippen molar-refractivity contribution in [1.82, 2.24) is 14.5 Å². The Balaban J connectivity index is 1.44. The van der Waals surface area contributed by atoms with Crippen molar-refractivity contribution >= 4 is 10.0 Å². The normalized spacial score (nSPS) is 16.5. The molecule has 2 heterocycles. The summed E-state index contributed by atoms with van der Waals surface area (Å²) in [6.07, 6.45) is 1.32. The molecule has 1 aliphatic heterocycles. The lowest BCUT2D eigenvalue weighted by molar-refractivity contribution is 0.291. The molecule has 0 amide bonds. The second-order valence-electron chi connectivity index (χ2n) is 9.21. The largest absolute Gasteiger partial charge is 0.420 e. The van der Waals surface area contributed by atoms with Gasteiger partial charge in [0.25, 0.3) is 0 Å². The van der Waals surface area contributed by atoms with E-state index in [9.17, 15) is 8.42 Å². The van der Waals surface area contributed by atoms with E-state index in [4.69, 9.17) is 4.42 Å². The van der Waals surface area contributed by atoms with Crippen LogP contribution in [-0.4, -0.2) is 36.0 Å². The summed E-state index contributed by atoms with van der Waals surface area (Å²) in [5, 5.41) is 8.47. The molecule has 164 valence electrons. The number of benzene rings is 2. The minimum absolute atomic E-state index is 0.0120. The van der Waals surface area contributed by atoms with Crippen molar-refractivity contribution in [1.29, 1.82) is 0 Å². The van der Waals surface area contributed by atoms with Crippen molar-refractivity contribution in [2.24, 2.45) is 0 Å². The summed E-state index contributed by atoms with van der Waals surface area (Å²) >= 11 is 0. The number of hydrogen-bond acceptors (Lipinski definition) is 5. The minimum Gasteiger partial charge on any atom is -0.420 e. The molecule has 1 aromatic heterocycles. The van der Waals surface area contributed by atoms with Gasteiger partial charge in [0, 0.05) is 24.6 Å². The minimum atomic E-state index is -3.51. The molecule has 6 nitrogen and oxygen atoms in total. The number of piperidine rings is 1. The first kappa shape index (κ1) is 21.7. The van der Waals surface area contributed by atoms with Gasteiger partial charge in [-0.25, -0.2) is 8.42 Å². The molecule has 1 fully saturated rings. The fourth-order valence-corrected chi connectivity index (χ4v) is 5.41. The smallest absolute Gasteiger partial charge is 0.248 e. The molecular formula is C24H29N3O3S. The molecule has 0 aliphatic carbocycles. The van der Waals surface area contributed by atoms with Gasteiger partial charge in [0.15, 0.2) is 0 Å². The van der Waals surface area contributed by atoms with Gasteiger partial charge in [0.2, 0.25) is 21.8 Å². The molecule has 0 radical (unpaired) electrons. The second kappa shape index (κ2) is 8.20. The lowest BCUT2D eigenvalue weighted by atomic mass is 9.87. The van der Waals surface area contributed by atoms with E-state index in [2.05, 4.69) is 31.0 Å². The van der Waals surface area contributed by atoms with Crippen LogP contribution in [0.25, 0.3) is 11.5 Å². The number of nitrogens with zero attached hydrogens (tertiary/aromatic N) is 3. The Bertz CT molecular complexity index is 1150. The Labute approximate surface area is 184 Å². The number of hydrogen-bond donors (Lipinski definition) is 0. The van der Waals surface area contributed by atoms with Crippen molar-refractivity contribution in [2.75, 3.05) is 13.1 Å². The van der Waals surface area contributed by atoms with Crippen LogP contribution < -0.4 is 0 Å². The summed E-state index contributed by atoms with van der Waals surface area (Å²) < 4.78 is 33.7. The van der Waals surface area contributed by atoms with Crippen molar-refractivity contribution in [2.45, 2.75) is 56.8 Å². The summed E-state index contributed by atoms with van der Waals surface area (Å²) in [7, 11) is -3.51. The molecule has 0 spiro atoms. The molecule has 0 bridgehead atoms. The lowest BCUT2D eigenvalue weighted by Crippen LogP contribution is -2.38. The van der Waals surface area contributed by atoms with Crippen molar-refractivity contribution in [3.05, 3.63) is 65.5 Å². The Hall–Kier alpha value is -2.51. The van der Waals surface area contributed by atoms with Gasteiger partial charge in [0.1, 0.15) is 0 Å². The molecule has 31 heavy (non-hydrogen) atoms. The van der Waals surface area contributed by atoms with Crippen LogP contribution in [0, 0.1) is 6.92 Å². The summed E-state index contributed by atoms with van der Waals surface area (Å²) in [6, 6.07) is 15.1. The molecule has 7 heteroatoms. The maximum Gasteiger partial charge on any atom is 0.248 e. The number of rotatable bonds is 4. The third-order valence-corrected chi connectivity index (χ3v) is 7.89. The first-order chi connectivity index (χ1) is 14.7. The van der Waals surface area contributed by atoms with Gasteiger partial charge >= 0.3 is 0 Å². The fraction of sp³-hybridized carbons (Fsp3) is 0.417. The van der Waals surface area contributed by atoms with E-state index >= 15 is 0 Å². The van der Waals surface area contributed by atoms with E-state index in [-0.39, 0.29) is 11.3 Å². The number of aryl methyl sites for hydroxylation is 1. The van der Waals surface area contributed by atoms with Crippen LogP contribution in [0.15, 0.2) is 57.8 Å². The maximum absolute atomic E-state index is 13.1. The molecule has 3 aromatic rings. The van der Waals surface area contributed by atoms with Crippen LogP contribution >= 0.6 is 0 Å². The van der Waals surface area contributed by atoms with Crippen LogP contribution in [0.2, 0.25) is 0 Å². The maximum atomic E-state index is 13.1. The standard InChI is InChI=1S/C24H29N3O3S/c1-17-7-5-6-8-21(17)23-26-25-22(30-23)18-13-15-27(16-14-18)31(28,29)20-11-9-19(10-12-20)24(2,3)4/h5-12,18H,13-16H2,1-4H3. The first-order valence-electron chi connectivity index (χ1n) is 10.7. The monoisotopic (exact) mass is 439 g/mol. The van der Waals surface area contributed by atoms with Gasteiger partial charge in [-0.05, 0) is 54.5 Å². The molecule has 2 aromatic carbocycles. The highest BCUT2D eigenvalue weighted by Crippen LogP contribution is 2.32. The van der Waals surface area contributed by atoms with Crippen LogP contribution in [0.1, 0.15) is 56.5 Å². The molecule has 0 unspecified atom stereocenters. The van der Waals surface area contributed by atoms with Crippen molar-refractivity contribution in [3.8, 4) is 11.5 Å². The van der Waals surface area contributed by atoms with Crippen LogP contribution in [-0.2, 0) is 15.4 Å². The predicted octanol–water partition coefficient (Wildman–Crippen LogP) is 4.91. The third kappa shape index (κ3) is 4.43. The highest BCUT2D eigenvalue weighted by atomic mass is 32.2. The van der Waals surface area contributed by atoms with Gasteiger partial charge in [-0.3, -0.25) is 0 Å². The van der Waals surface area contributed by atoms with E-state index in [1.165, 1.54) is 0 Å². The zero-order chi connectivity index (χ0) is 22.2. The fourth-order valence-electron chi connectivity index (χ4n) is 3.94. The topological polar surface area (TPSA) is 76.3 Å². The van der Waals surface area contributed by atoms with Crippen LogP contribution in [0.5, 0.6) is 0 Å². The van der Waals surface area contributed by atoms with Crippen LogP contribution in [0.3, 0.4) is 0 Å². The molecular weight excluding hydrogens is 410 g/mol. The zero-order valence-electron chi connectivity index (χ0n) is 18.5. The summed E-state index contributed by atoms with van der Waals surface area (Å²) in [5.41, 5.74) is 3.11. The van der Waals surface area contributed by atoms with Crippen LogP contribution in [0.4, 0.5) is 0 Å². The Kier molecular flexibility index (Phi) is 5.75. The van der Waals surface area contributed by atoms with Gasteiger partial charge in [-0.1, -0.05) is 51.1 Å². The summed E-state index contributed by atoms with van der Waals surface area (Å²) in [4.78, 5) is 0.346. The molecule has 1 saturated heterocycles. The lowest BCUT2D eigenvalue weighted by Gasteiger charge is -2.29. The molecule has 4 rings (SSSR count). The van der Waals surface area contributed by atoms with Gasteiger partial charge in [-0.15, -0.1) is 10.2 Å². The van der Waals surface area contributed by atoms with E-state index in [1.807, 2.05) is 43.3 Å². The predicted molar refractivity (Wildman–Crippen MR) is 120 cm³/mol. The quantitative estimate of drug-likeness (QED) is 0.577. The highest BCUT2D eigenvalue weighted by Gasteiger charge is 2.32. The molecule has 0 saturated carbocycles. The summed E-state index contributed by atoms with van der Waals surface area (Å²) in [5.74, 6) is 1.17. The number of aromatic nitrogens is 2. The zero-order valence-corrected chi connectivity index (χ0v) is 19.3. The highest BCUT2D eigenvalue weighted by molar-refractivity contribution is 7.89. The molecule has 0 N–H and O–H groups in total. The van der Waals surface area contributed by atoms with E-state index in [1.54, 1.807) is 16.4 Å². The van der Waals surface area contributed by atoms with E-state index in [0.29, 0.717) is 42.6 Å². The SMILES string of the molecule is Cc1ccccc1-c1nnc(C2CCN(S(=O)(=O)c3ccc(C(C)(C)C)cc3)CC2)o1. The van der Waals surface area contributed by atoms with E-state index < -0.39 is 10.0 Å². The van der Waals surface area contributed by atoms with E-state index in [0.717, 1.165) is 16.7 Å². The second-order valence-corrected chi connectivity index (χ2v) is 11.2. The third-order valence-electron chi connectivity index (χ3n) is 5.98. The van der Waals surface area contributed by atoms with Crippen molar-refractivity contribution in [3.63, 3.8) is 0 Å². The Morgan fingerprint density at radius 1 is 0.968 bits per heavy atom. The molecule has 1 aliphatic rings. The Morgan fingerprint density at radius 2 is 1.61 bits per heavy atom. The molecule has 0 atom stereocenters. The average Bonchev–Trinajstić information content (AvgIpc) is 3.24. The summed E-state index contributed by atoms with van der Waals surface area (Å²) in [6.45, 7) is 9.23. The average molecular weight is 440 g/mol. The van der Waals surface area contributed by atoms with Gasteiger partial charge in [-0.2, -0.15) is 4.31 Å². The number of sulfonamides is 1. The van der Waals surface area contributed by atoms with Gasteiger partial charge in [0.05, 0.1) is 4.90 Å². The van der Waals surface area contributed by atoms with Crippen molar-refractivity contribution < 1.29 is 12.8 Å². The first-order valence-corrected chi connectivity index (χ1v) is 12.1.